The molecule has 0 amide bonds. The highest BCUT2D eigenvalue weighted by Gasteiger charge is 2.44. The van der Waals surface area contributed by atoms with Gasteiger partial charge in [-0.1, -0.05) is 6.92 Å². The number of benzene rings is 1. The fourth-order valence-corrected chi connectivity index (χ4v) is 2.87. The average molecular weight is 352 g/mol. The molecule has 0 radical (unpaired) electrons. The number of aryl methyl sites for hydroxylation is 1. The molecule has 1 aliphatic heterocycles. The summed E-state index contributed by atoms with van der Waals surface area (Å²) in [4.78, 5) is 11.6. The molecule has 1 fully saturated rings. The van der Waals surface area contributed by atoms with Crippen LogP contribution in [0.25, 0.3) is 11.0 Å². The molecule has 8 heteroatoms. The second-order valence-corrected chi connectivity index (χ2v) is 5.92. The van der Waals surface area contributed by atoms with E-state index in [1.54, 1.807) is 12.1 Å². The van der Waals surface area contributed by atoms with E-state index in [9.17, 15) is 25.2 Å². The Kier molecular flexibility index (Phi) is 5.07. The second kappa shape index (κ2) is 7.11. The molecule has 1 saturated heterocycles. The number of aliphatic hydroxyl groups excluding tert-OH is 4. The topological polar surface area (TPSA) is 130 Å². The van der Waals surface area contributed by atoms with Crippen molar-refractivity contribution in [1.29, 1.82) is 0 Å². The Morgan fingerprint density at radius 2 is 1.88 bits per heavy atom. The first-order valence-electron chi connectivity index (χ1n) is 7.98. The summed E-state index contributed by atoms with van der Waals surface area (Å²) in [6.07, 6.45) is -6.19. The van der Waals surface area contributed by atoms with Crippen LogP contribution >= 0.6 is 0 Å². The van der Waals surface area contributed by atoms with Gasteiger partial charge in [0, 0.05) is 17.5 Å². The highest BCUT2D eigenvalue weighted by molar-refractivity contribution is 5.81. The number of fused-ring (bicyclic) bond motifs is 1. The third kappa shape index (κ3) is 3.39. The van der Waals surface area contributed by atoms with Gasteiger partial charge in [-0.25, -0.2) is 4.79 Å². The minimum absolute atomic E-state index is 0.244. The molecule has 0 bridgehead atoms. The molecule has 2 heterocycles. The van der Waals surface area contributed by atoms with E-state index in [4.69, 9.17) is 13.9 Å². The summed E-state index contributed by atoms with van der Waals surface area (Å²) in [5, 5.41) is 39.5. The van der Waals surface area contributed by atoms with E-state index in [-0.39, 0.29) is 5.75 Å². The van der Waals surface area contributed by atoms with E-state index in [0.29, 0.717) is 12.0 Å². The van der Waals surface area contributed by atoms with Crippen molar-refractivity contribution in [3.8, 4) is 5.75 Å². The maximum absolute atomic E-state index is 11.6. The minimum Gasteiger partial charge on any atom is -0.462 e. The zero-order valence-corrected chi connectivity index (χ0v) is 13.5. The molecule has 5 atom stereocenters. The lowest BCUT2D eigenvalue weighted by Gasteiger charge is -2.39. The van der Waals surface area contributed by atoms with Crippen LogP contribution in [0.4, 0.5) is 0 Å². The second-order valence-electron chi connectivity index (χ2n) is 5.92. The fraction of sp³-hybridized carbons (Fsp3) is 0.471. The Morgan fingerprint density at radius 3 is 2.56 bits per heavy atom. The van der Waals surface area contributed by atoms with Crippen molar-refractivity contribution in [1.82, 2.24) is 0 Å². The molecule has 136 valence electrons. The first kappa shape index (κ1) is 17.8. The summed E-state index contributed by atoms with van der Waals surface area (Å²) < 4.78 is 16.0. The smallest absolute Gasteiger partial charge is 0.336 e. The first-order valence-corrected chi connectivity index (χ1v) is 7.98. The fourth-order valence-electron chi connectivity index (χ4n) is 2.87. The molecule has 2 aromatic rings. The molecule has 3 rings (SSSR count). The van der Waals surface area contributed by atoms with Gasteiger partial charge in [-0.2, -0.15) is 0 Å². The van der Waals surface area contributed by atoms with Crippen LogP contribution in [-0.2, 0) is 11.2 Å². The molecule has 0 aliphatic carbocycles. The highest BCUT2D eigenvalue weighted by atomic mass is 16.7. The summed E-state index contributed by atoms with van der Waals surface area (Å²) in [7, 11) is 0. The van der Waals surface area contributed by atoms with Gasteiger partial charge < -0.3 is 34.3 Å². The van der Waals surface area contributed by atoms with E-state index < -0.39 is 42.9 Å². The Labute approximate surface area is 142 Å². The van der Waals surface area contributed by atoms with Crippen LogP contribution < -0.4 is 10.4 Å². The quantitative estimate of drug-likeness (QED) is 0.544. The Hall–Kier alpha value is -1.97. The lowest BCUT2D eigenvalue weighted by molar-refractivity contribution is -0.277. The Balaban J connectivity index is 1.88. The van der Waals surface area contributed by atoms with E-state index in [1.165, 1.54) is 12.1 Å². The van der Waals surface area contributed by atoms with Gasteiger partial charge in [0.05, 0.1) is 6.61 Å². The van der Waals surface area contributed by atoms with Crippen LogP contribution in [0.3, 0.4) is 0 Å². The SMILES string of the molecule is CCc1cc(=O)oc2cc(OC3OC(CO)C(O)C(O)C3O)ccc12. The predicted molar refractivity (Wildman–Crippen MR) is 86.3 cm³/mol. The zero-order chi connectivity index (χ0) is 18.1. The number of aliphatic hydroxyl groups is 4. The number of ether oxygens (including phenoxy) is 2. The zero-order valence-electron chi connectivity index (χ0n) is 13.5. The predicted octanol–water partition coefficient (Wildman–Crippen LogP) is -0.466. The van der Waals surface area contributed by atoms with Gasteiger partial charge in [0.2, 0.25) is 6.29 Å². The maximum atomic E-state index is 11.6. The molecule has 25 heavy (non-hydrogen) atoms. The molecule has 1 aromatic carbocycles. The van der Waals surface area contributed by atoms with Gasteiger partial charge in [-0.05, 0) is 24.1 Å². The first-order chi connectivity index (χ1) is 11.9. The van der Waals surface area contributed by atoms with Gasteiger partial charge in [-0.15, -0.1) is 0 Å². The minimum atomic E-state index is -1.53. The van der Waals surface area contributed by atoms with Crippen molar-refractivity contribution < 1.29 is 34.3 Å². The summed E-state index contributed by atoms with van der Waals surface area (Å²) in [5.41, 5.74) is 0.687. The van der Waals surface area contributed by atoms with Gasteiger partial charge >= 0.3 is 5.63 Å². The Bertz CT molecular complexity index is 799. The van der Waals surface area contributed by atoms with Crippen molar-refractivity contribution in [2.75, 3.05) is 6.61 Å². The molecule has 0 spiro atoms. The standard InChI is InChI=1S/C17H20O8/c1-2-8-5-13(19)24-11-6-9(3-4-10(8)11)23-17-16(22)15(21)14(20)12(7-18)25-17/h3-6,12,14-18,20-22H,2,7H2,1H3. The summed E-state index contributed by atoms with van der Waals surface area (Å²) in [5.74, 6) is 0.244. The number of hydrogen-bond acceptors (Lipinski definition) is 8. The van der Waals surface area contributed by atoms with Crippen molar-refractivity contribution in [2.45, 2.75) is 44.1 Å². The molecule has 5 unspecified atom stereocenters. The summed E-state index contributed by atoms with van der Waals surface area (Å²) in [6.45, 7) is 1.38. The van der Waals surface area contributed by atoms with E-state index in [2.05, 4.69) is 0 Å². The third-order valence-corrected chi connectivity index (χ3v) is 4.28. The number of hydrogen-bond donors (Lipinski definition) is 4. The van der Waals surface area contributed by atoms with Gasteiger partial charge in [0.25, 0.3) is 0 Å². The van der Waals surface area contributed by atoms with Crippen LogP contribution in [0.1, 0.15) is 12.5 Å². The molecular formula is C17H20O8. The van der Waals surface area contributed by atoms with Crippen LogP contribution in [0.15, 0.2) is 33.5 Å². The number of rotatable bonds is 4. The van der Waals surface area contributed by atoms with Crippen molar-refractivity contribution in [3.63, 3.8) is 0 Å². The van der Waals surface area contributed by atoms with E-state index in [0.717, 1.165) is 10.9 Å². The van der Waals surface area contributed by atoms with Crippen LogP contribution in [0.2, 0.25) is 0 Å². The molecule has 0 saturated carbocycles. The summed E-state index contributed by atoms with van der Waals surface area (Å²) in [6, 6.07) is 6.25. The molecule has 1 aromatic heterocycles. The molecule has 4 N–H and O–H groups in total. The molecular weight excluding hydrogens is 332 g/mol. The van der Waals surface area contributed by atoms with Gasteiger partial charge in [0.1, 0.15) is 35.7 Å². The average Bonchev–Trinajstić information content (AvgIpc) is 2.61. The lowest BCUT2D eigenvalue weighted by Crippen LogP contribution is -2.60. The van der Waals surface area contributed by atoms with Crippen molar-refractivity contribution in [3.05, 3.63) is 40.2 Å². The van der Waals surface area contributed by atoms with E-state index in [1.807, 2.05) is 6.92 Å². The monoisotopic (exact) mass is 352 g/mol. The van der Waals surface area contributed by atoms with Crippen molar-refractivity contribution in [2.24, 2.45) is 0 Å². The lowest BCUT2D eigenvalue weighted by atomic mass is 9.99. The van der Waals surface area contributed by atoms with Gasteiger partial charge in [0.15, 0.2) is 0 Å². The molecule has 8 nitrogen and oxygen atoms in total. The largest absolute Gasteiger partial charge is 0.462 e. The van der Waals surface area contributed by atoms with Crippen LogP contribution in [-0.4, -0.2) is 57.7 Å². The third-order valence-electron chi connectivity index (χ3n) is 4.28. The molecule has 1 aliphatic rings. The normalized spacial score (nSPS) is 29.7. The van der Waals surface area contributed by atoms with Crippen LogP contribution in [0.5, 0.6) is 5.75 Å². The van der Waals surface area contributed by atoms with Gasteiger partial charge in [-0.3, -0.25) is 0 Å². The van der Waals surface area contributed by atoms with E-state index >= 15 is 0 Å². The summed E-state index contributed by atoms with van der Waals surface area (Å²) >= 11 is 0. The maximum Gasteiger partial charge on any atom is 0.336 e. The Morgan fingerprint density at radius 1 is 1.12 bits per heavy atom. The van der Waals surface area contributed by atoms with Crippen molar-refractivity contribution >= 4 is 11.0 Å². The highest BCUT2D eigenvalue weighted by Crippen LogP contribution is 2.27. The van der Waals surface area contributed by atoms with Crippen LogP contribution in [0, 0.1) is 0 Å².